The monoisotopic (exact) mass is 406 g/mol. The van der Waals surface area contributed by atoms with E-state index in [9.17, 15) is 18.3 Å². The van der Waals surface area contributed by atoms with Crippen LogP contribution in [0.4, 0.5) is 0 Å². The topological polar surface area (TPSA) is 111 Å². The lowest BCUT2D eigenvalue weighted by molar-refractivity contribution is 0.111. The highest BCUT2D eigenvalue weighted by atomic mass is 32.2. The fourth-order valence-electron chi connectivity index (χ4n) is 2.69. The maximum Gasteiger partial charge on any atom is 0.419 e. The van der Waals surface area contributed by atoms with Gasteiger partial charge >= 0.3 is 5.76 Å². The SMILES string of the molecule is CCn1c(=O)oc2cc(S(=O)(=O)NC[C@@H](O)COc3ccc(C)cc3)ccc21. The molecule has 2 aromatic carbocycles. The molecule has 0 bridgehead atoms. The molecule has 0 radical (unpaired) electrons. The lowest BCUT2D eigenvalue weighted by atomic mass is 10.2. The van der Waals surface area contributed by atoms with Gasteiger partial charge in [0.25, 0.3) is 0 Å². The maximum absolute atomic E-state index is 12.5. The van der Waals surface area contributed by atoms with Crippen molar-refractivity contribution in [1.82, 2.24) is 9.29 Å². The Morgan fingerprint density at radius 1 is 1.21 bits per heavy atom. The van der Waals surface area contributed by atoms with E-state index < -0.39 is 21.9 Å². The summed E-state index contributed by atoms with van der Waals surface area (Å²) < 4.78 is 39.2. The van der Waals surface area contributed by atoms with Crippen LogP contribution in [0.5, 0.6) is 5.75 Å². The third-order valence-electron chi connectivity index (χ3n) is 4.24. The van der Waals surface area contributed by atoms with Crippen LogP contribution in [-0.2, 0) is 16.6 Å². The van der Waals surface area contributed by atoms with E-state index in [1.54, 1.807) is 19.1 Å². The number of aliphatic hydroxyl groups excluding tert-OH is 1. The molecule has 28 heavy (non-hydrogen) atoms. The summed E-state index contributed by atoms with van der Waals surface area (Å²) in [6, 6.07) is 11.5. The van der Waals surface area contributed by atoms with E-state index in [-0.39, 0.29) is 23.6 Å². The van der Waals surface area contributed by atoms with Crippen molar-refractivity contribution in [1.29, 1.82) is 0 Å². The zero-order chi connectivity index (χ0) is 20.3. The van der Waals surface area contributed by atoms with Gasteiger partial charge in [0.15, 0.2) is 5.58 Å². The van der Waals surface area contributed by atoms with Gasteiger partial charge in [-0.15, -0.1) is 0 Å². The Hall–Kier alpha value is -2.62. The molecule has 3 aromatic rings. The highest BCUT2D eigenvalue weighted by Crippen LogP contribution is 2.18. The number of sulfonamides is 1. The minimum absolute atomic E-state index is 0.0522. The Kier molecular flexibility index (Phi) is 5.87. The van der Waals surface area contributed by atoms with Gasteiger partial charge in [-0.3, -0.25) is 4.57 Å². The van der Waals surface area contributed by atoms with E-state index >= 15 is 0 Å². The van der Waals surface area contributed by atoms with Gasteiger partial charge in [0.1, 0.15) is 18.5 Å². The third-order valence-corrected chi connectivity index (χ3v) is 5.66. The van der Waals surface area contributed by atoms with Crippen molar-refractivity contribution in [2.75, 3.05) is 13.2 Å². The van der Waals surface area contributed by atoms with Crippen LogP contribution in [-0.4, -0.2) is 37.3 Å². The average molecular weight is 406 g/mol. The molecule has 0 saturated carbocycles. The first-order chi connectivity index (χ1) is 13.3. The number of hydrogen-bond acceptors (Lipinski definition) is 6. The van der Waals surface area contributed by atoms with E-state index in [1.165, 1.54) is 22.8 Å². The summed E-state index contributed by atoms with van der Waals surface area (Å²) in [5.74, 6) is 0.0529. The van der Waals surface area contributed by atoms with Crippen molar-refractivity contribution in [2.24, 2.45) is 0 Å². The van der Waals surface area contributed by atoms with Crippen LogP contribution in [0.25, 0.3) is 11.1 Å². The van der Waals surface area contributed by atoms with Crippen molar-refractivity contribution < 1.29 is 22.7 Å². The summed E-state index contributed by atoms with van der Waals surface area (Å²) in [4.78, 5) is 11.7. The minimum Gasteiger partial charge on any atom is -0.491 e. The number of nitrogens with zero attached hydrogens (tertiary/aromatic N) is 1. The van der Waals surface area contributed by atoms with E-state index in [0.717, 1.165) is 5.56 Å². The summed E-state index contributed by atoms with van der Waals surface area (Å²) in [5.41, 5.74) is 1.80. The van der Waals surface area contributed by atoms with E-state index in [0.29, 0.717) is 17.8 Å². The quantitative estimate of drug-likeness (QED) is 0.588. The second kappa shape index (κ2) is 8.17. The van der Waals surface area contributed by atoms with Gasteiger partial charge in [0.2, 0.25) is 10.0 Å². The molecule has 150 valence electrons. The number of benzene rings is 2. The Morgan fingerprint density at radius 2 is 1.93 bits per heavy atom. The predicted octanol–water partition coefficient (Wildman–Crippen LogP) is 1.64. The number of hydrogen-bond donors (Lipinski definition) is 2. The second-order valence-electron chi connectivity index (χ2n) is 6.37. The molecular weight excluding hydrogens is 384 g/mol. The highest BCUT2D eigenvalue weighted by Gasteiger charge is 2.19. The first-order valence-electron chi connectivity index (χ1n) is 8.80. The van der Waals surface area contributed by atoms with Gasteiger partial charge < -0.3 is 14.3 Å². The van der Waals surface area contributed by atoms with Crippen molar-refractivity contribution in [3.8, 4) is 5.75 Å². The van der Waals surface area contributed by atoms with Gasteiger partial charge in [-0.2, -0.15) is 0 Å². The molecule has 1 heterocycles. The van der Waals surface area contributed by atoms with Gasteiger partial charge in [-0.1, -0.05) is 17.7 Å². The van der Waals surface area contributed by atoms with E-state index in [4.69, 9.17) is 9.15 Å². The second-order valence-corrected chi connectivity index (χ2v) is 8.14. The number of fused-ring (bicyclic) bond motifs is 1. The zero-order valence-corrected chi connectivity index (χ0v) is 16.4. The van der Waals surface area contributed by atoms with E-state index in [2.05, 4.69) is 4.72 Å². The fraction of sp³-hybridized carbons (Fsp3) is 0.316. The van der Waals surface area contributed by atoms with Crippen LogP contribution in [0.1, 0.15) is 12.5 Å². The molecule has 9 heteroatoms. The lowest BCUT2D eigenvalue weighted by Crippen LogP contribution is -2.35. The molecule has 3 rings (SSSR count). The van der Waals surface area contributed by atoms with Gasteiger partial charge in [0.05, 0.1) is 10.4 Å². The number of oxazole rings is 1. The number of nitrogens with one attached hydrogen (secondary N) is 1. The number of aryl methyl sites for hydroxylation is 2. The minimum atomic E-state index is -3.88. The predicted molar refractivity (Wildman–Crippen MR) is 104 cm³/mol. The van der Waals surface area contributed by atoms with Crippen LogP contribution in [0, 0.1) is 6.92 Å². The Bertz CT molecular complexity index is 1120. The Morgan fingerprint density at radius 3 is 2.61 bits per heavy atom. The molecule has 0 aliphatic rings. The standard InChI is InChI=1S/C19H22N2O6S/c1-3-21-17-9-8-16(10-18(17)27-19(21)23)28(24,25)20-11-14(22)12-26-15-6-4-13(2)5-7-15/h4-10,14,20,22H,3,11-12H2,1-2H3/t14-/m1/s1. The normalized spacial score (nSPS) is 13.0. The molecule has 8 nitrogen and oxygen atoms in total. The number of ether oxygens (including phenoxy) is 1. The van der Waals surface area contributed by atoms with Crippen molar-refractivity contribution in [3.05, 3.63) is 58.6 Å². The molecule has 0 aliphatic carbocycles. The summed E-state index contributed by atoms with van der Waals surface area (Å²) >= 11 is 0. The van der Waals surface area contributed by atoms with Gasteiger partial charge in [0, 0.05) is 19.2 Å². The molecule has 1 aromatic heterocycles. The van der Waals surface area contributed by atoms with Crippen LogP contribution < -0.4 is 15.2 Å². The maximum atomic E-state index is 12.5. The molecule has 0 amide bonds. The molecular formula is C19H22N2O6S. The molecule has 0 fully saturated rings. The molecule has 0 spiro atoms. The van der Waals surface area contributed by atoms with Crippen molar-refractivity contribution >= 4 is 21.1 Å². The largest absolute Gasteiger partial charge is 0.491 e. The van der Waals surface area contributed by atoms with Crippen LogP contribution >= 0.6 is 0 Å². The summed E-state index contributed by atoms with van der Waals surface area (Å²) in [6.07, 6.45) is -1.03. The molecule has 1 atom stereocenters. The molecule has 0 aliphatic heterocycles. The average Bonchev–Trinajstić information content (AvgIpc) is 3.00. The van der Waals surface area contributed by atoms with Gasteiger partial charge in [-0.05, 0) is 38.1 Å². The summed E-state index contributed by atoms with van der Waals surface area (Å²) in [5, 5.41) is 10.0. The van der Waals surface area contributed by atoms with E-state index in [1.807, 2.05) is 19.1 Å². The Balaban J connectivity index is 1.63. The first kappa shape index (κ1) is 20.1. The zero-order valence-electron chi connectivity index (χ0n) is 15.6. The summed E-state index contributed by atoms with van der Waals surface area (Å²) in [6.45, 7) is 3.89. The van der Waals surface area contributed by atoms with Crippen molar-refractivity contribution in [2.45, 2.75) is 31.4 Å². The van der Waals surface area contributed by atoms with Crippen LogP contribution in [0.3, 0.4) is 0 Å². The number of aromatic nitrogens is 1. The van der Waals surface area contributed by atoms with Gasteiger partial charge in [-0.25, -0.2) is 17.9 Å². The lowest BCUT2D eigenvalue weighted by Gasteiger charge is -2.13. The van der Waals surface area contributed by atoms with Crippen LogP contribution in [0.2, 0.25) is 0 Å². The van der Waals surface area contributed by atoms with Crippen molar-refractivity contribution in [3.63, 3.8) is 0 Å². The Labute approximate surface area is 162 Å². The van der Waals surface area contributed by atoms with Crippen LogP contribution in [0.15, 0.2) is 56.6 Å². The first-order valence-corrected chi connectivity index (χ1v) is 10.3. The third kappa shape index (κ3) is 4.44. The molecule has 2 N–H and O–H groups in total. The smallest absolute Gasteiger partial charge is 0.419 e. The highest BCUT2D eigenvalue weighted by molar-refractivity contribution is 7.89. The summed E-state index contributed by atoms with van der Waals surface area (Å²) in [7, 11) is -3.88. The molecule has 0 unspecified atom stereocenters. The fourth-order valence-corrected chi connectivity index (χ4v) is 3.78. The molecule has 0 saturated heterocycles. The number of rotatable bonds is 8. The number of aliphatic hydroxyl groups is 1.